The summed E-state index contributed by atoms with van der Waals surface area (Å²) in [4.78, 5) is 4.93. The van der Waals surface area contributed by atoms with E-state index in [-0.39, 0.29) is 11.2 Å². The average Bonchev–Trinajstić information content (AvgIpc) is 3.03. The first kappa shape index (κ1) is 16.6. The molecule has 1 heterocycles. The lowest BCUT2D eigenvalue weighted by atomic mass is 9.49. The van der Waals surface area contributed by atoms with Gasteiger partial charge in [-0.3, -0.25) is 0 Å². The van der Waals surface area contributed by atoms with E-state index in [2.05, 4.69) is 10.1 Å². The first-order chi connectivity index (χ1) is 12.4. The SMILES string of the molecule is FC(F)(F)Oc1ccc(-c2nc(C34CC5CC(CC(C5)C3)C4)cs2)cc1. The highest BCUT2D eigenvalue weighted by Gasteiger charge is 2.52. The Hall–Kier alpha value is -1.56. The number of rotatable bonds is 3. The molecule has 1 aromatic heterocycles. The number of nitrogens with zero attached hydrogens (tertiary/aromatic N) is 1. The van der Waals surface area contributed by atoms with Crippen molar-refractivity contribution in [3.05, 3.63) is 35.3 Å². The van der Waals surface area contributed by atoms with Crippen LogP contribution >= 0.6 is 11.3 Å². The second-order valence-electron chi connectivity index (χ2n) is 8.31. The molecule has 0 radical (unpaired) electrons. The first-order valence-electron chi connectivity index (χ1n) is 9.21. The summed E-state index contributed by atoms with van der Waals surface area (Å²) in [6, 6.07) is 6.02. The largest absolute Gasteiger partial charge is 0.573 e. The number of halogens is 3. The van der Waals surface area contributed by atoms with Gasteiger partial charge in [0, 0.05) is 16.4 Å². The number of thiazole rings is 1. The lowest BCUT2D eigenvalue weighted by Crippen LogP contribution is -2.48. The minimum Gasteiger partial charge on any atom is -0.406 e. The van der Waals surface area contributed by atoms with Crippen LogP contribution in [0.2, 0.25) is 0 Å². The van der Waals surface area contributed by atoms with Crippen molar-refractivity contribution in [3.63, 3.8) is 0 Å². The first-order valence-corrected chi connectivity index (χ1v) is 10.1. The molecule has 4 saturated carbocycles. The van der Waals surface area contributed by atoms with E-state index < -0.39 is 6.36 Å². The summed E-state index contributed by atoms with van der Waals surface area (Å²) < 4.78 is 40.8. The molecule has 6 rings (SSSR count). The van der Waals surface area contributed by atoms with Crippen molar-refractivity contribution < 1.29 is 17.9 Å². The fraction of sp³-hybridized carbons (Fsp3) is 0.550. The molecule has 0 unspecified atom stereocenters. The lowest BCUT2D eigenvalue weighted by molar-refractivity contribution is -0.274. The standard InChI is InChI=1S/C20H20F3NOS/c21-20(22,23)25-16-3-1-15(2-4-16)18-24-17(11-26-18)19-8-12-5-13(9-19)7-14(6-12)10-19/h1-4,11-14H,5-10H2. The van der Waals surface area contributed by atoms with Gasteiger partial charge in [0.25, 0.3) is 0 Å². The van der Waals surface area contributed by atoms with Crippen molar-refractivity contribution >= 4 is 11.3 Å². The van der Waals surface area contributed by atoms with E-state index in [0.29, 0.717) is 0 Å². The van der Waals surface area contributed by atoms with Gasteiger partial charge in [0.15, 0.2) is 0 Å². The maximum Gasteiger partial charge on any atom is 0.573 e. The van der Waals surface area contributed by atoms with Crippen LogP contribution in [0.15, 0.2) is 29.6 Å². The molecule has 0 saturated heterocycles. The van der Waals surface area contributed by atoms with Crippen molar-refractivity contribution in [2.75, 3.05) is 0 Å². The van der Waals surface area contributed by atoms with Gasteiger partial charge in [-0.05, 0) is 80.5 Å². The van der Waals surface area contributed by atoms with Crippen LogP contribution in [0.3, 0.4) is 0 Å². The summed E-state index contributed by atoms with van der Waals surface area (Å²) >= 11 is 1.60. The number of alkyl halides is 3. The number of benzene rings is 1. The van der Waals surface area contributed by atoms with Gasteiger partial charge in [0.1, 0.15) is 10.8 Å². The van der Waals surface area contributed by atoms with Crippen LogP contribution in [0.1, 0.15) is 44.2 Å². The second-order valence-corrected chi connectivity index (χ2v) is 9.17. The van der Waals surface area contributed by atoms with Crippen LogP contribution in [0.4, 0.5) is 13.2 Å². The van der Waals surface area contributed by atoms with Crippen molar-refractivity contribution in [1.29, 1.82) is 0 Å². The molecule has 0 atom stereocenters. The molecule has 4 fully saturated rings. The van der Waals surface area contributed by atoms with Crippen molar-refractivity contribution in [2.24, 2.45) is 17.8 Å². The molecule has 26 heavy (non-hydrogen) atoms. The predicted molar refractivity (Wildman–Crippen MR) is 94.1 cm³/mol. The topological polar surface area (TPSA) is 22.1 Å². The maximum atomic E-state index is 12.3. The Bertz CT molecular complexity index is 776. The van der Waals surface area contributed by atoms with Gasteiger partial charge in [0.2, 0.25) is 0 Å². The number of aromatic nitrogens is 1. The van der Waals surface area contributed by atoms with E-state index in [0.717, 1.165) is 28.3 Å². The summed E-state index contributed by atoms with van der Waals surface area (Å²) in [5.41, 5.74) is 2.32. The summed E-state index contributed by atoms with van der Waals surface area (Å²) in [5, 5.41) is 3.07. The third-order valence-electron chi connectivity index (χ3n) is 6.42. The molecular formula is C20H20F3NOS. The number of ether oxygens (including phenoxy) is 1. The Morgan fingerprint density at radius 2 is 1.54 bits per heavy atom. The molecule has 2 aromatic rings. The highest BCUT2D eigenvalue weighted by molar-refractivity contribution is 7.13. The smallest absolute Gasteiger partial charge is 0.406 e. The number of hydrogen-bond donors (Lipinski definition) is 0. The summed E-state index contributed by atoms with van der Waals surface area (Å²) in [6.45, 7) is 0. The van der Waals surface area contributed by atoms with Crippen molar-refractivity contribution in [2.45, 2.75) is 50.3 Å². The lowest BCUT2D eigenvalue weighted by Gasteiger charge is -2.56. The highest BCUT2D eigenvalue weighted by atomic mass is 32.1. The van der Waals surface area contributed by atoms with Gasteiger partial charge >= 0.3 is 6.36 Å². The predicted octanol–water partition coefficient (Wildman–Crippen LogP) is 6.18. The molecule has 6 heteroatoms. The van der Waals surface area contributed by atoms with Gasteiger partial charge in [-0.15, -0.1) is 24.5 Å². The molecule has 0 aliphatic heterocycles. The van der Waals surface area contributed by atoms with E-state index >= 15 is 0 Å². The molecular weight excluding hydrogens is 359 g/mol. The Balaban J connectivity index is 1.39. The van der Waals surface area contributed by atoms with Crippen LogP contribution in [-0.4, -0.2) is 11.3 Å². The van der Waals surface area contributed by atoms with Crippen molar-refractivity contribution in [3.8, 4) is 16.3 Å². The van der Waals surface area contributed by atoms with Gasteiger partial charge in [-0.1, -0.05) is 0 Å². The molecule has 0 N–H and O–H groups in total. The van der Waals surface area contributed by atoms with Crippen LogP contribution in [-0.2, 0) is 5.41 Å². The van der Waals surface area contributed by atoms with Gasteiger partial charge in [0.05, 0.1) is 5.69 Å². The third-order valence-corrected chi connectivity index (χ3v) is 7.31. The zero-order chi connectivity index (χ0) is 17.9. The highest BCUT2D eigenvalue weighted by Crippen LogP contribution is 2.60. The zero-order valence-electron chi connectivity index (χ0n) is 14.3. The van der Waals surface area contributed by atoms with E-state index in [1.54, 1.807) is 23.5 Å². The average molecular weight is 379 g/mol. The van der Waals surface area contributed by atoms with Crippen LogP contribution in [0.25, 0.3) is 10.6 Å². The molecule has 0 spiro atoms. The minimum atomic E-state index is -4.66. The van der Waals surface area contributed by atoms with E-state index in [1.165, 1.54) is 56.4 Å². The molecule has 2 nitrogen and oxygen atoms in total. The molecule has 0 amide bonds. The fourth-order valence-corrected chi connectivity index (χ4v) is 6.82. The molecule has 4 aliphatic carbocycles. The summed E-state index contributed by atoms with van der Waals surface area (Å²) in [5.74, 6) is 2.40. The molecule has 138 valence electrons. The second kappa shape index (κ2) is 5.72. The molecule has 4 aliphatic rings. The molecule has 1 aromatic carbocycles. The zero-order valence-corrected chi connectivity index (χ0v) is 15.1. The Labute approximate surface area is 154 Å². The van der Waals surface area contributed by atoms with Gasteiger partial charge in [-0.2, -0.15) is 0 Å². The maximum absolute atomic E-state index is 12.3. The monoisotopic (exact) mass is 379 g/mol. The summed E-state index contributed by atoms with van der Waals surface area (Å²) in [7, 11) is 0. The Kier molecular flexibility index (Phi) is 3.65. The van der Waals surface area contributed by atoms with Crippen LogP contribution < -0.4 is 4.74 Å². The van der Waals surface area contributed by atoms with E-state index in [1.807, 2.05) is 0 Å². The van der Waals surface area contributed by atoms with Crippen molar-refractivity contribution in [1.82, 2.24) is 4.98 Å². The quantitative estimate of drug-likeness (QED) is 0.636. The van der Waals surface area contributed by atoms with Crippen LogP contribution in [0.5, 0.6) is 5.75 Å². The Morgan fingerprint density at radius 3 is 2.08 bits per heavy atom. The fourth-order valence-electron chi connectivity index (χ4n) is 5.87. The molecule has 4 bridgehead atoms. The minimum absolute atomic E-state index is 0.195. The van der Waals surface area contributed by atoms with E-state index in [4.69, 9.17) is 4.98 Å². The van der Waals surface area contributed by atoms with Gasteiger partial charge < -0.3 is 4.74 Å². The van der Waals surface area contributed by atoms with E-state index in [9.17, 15) is 13.2 Å². The number of hydrogen-bond acceptors (Lipinski definition) is 3. The third kappa shape index (κ3) is 2.92. The Morgan fingerprint density at radius 1 is 0.962 bits per heavy atom. The normalized spacial score (nSPS) is 32.8. The van der Waals surface area contributed by atoms with Crippen LogP contribution in [0, 0.1) is 17.8 Å². The van der Waals surface area contributed by atoms with Gasteiger partial charge in [-0.25, -0.2) is 4.98 Å². The summed E-state index contributed by atoms with van der Waals surface area (Å²) in [6.07, 6.45) is 3.33.